The standard InChI is InChI=1S/C11H14BrNOS/c1-8-11(14,2-3-15-8)5-9-4-10(12)7-13-6-9/h4,6-8,14H,2-3,5H2,1H3. The molecule has 2 nitrogen and oxygen atoms in total. The van der Waals surface area contributed by atoms with Crippen LogP contribution in [0, 0.1) is 0 Å². The van der Waals surface area contributed by atoms with E-state index in [2.05, 4.69) is 27.8 Å². The van der Waals surface area contributed by atoms with Gasteiger partial charge in [-0.2, -0.15) is 11.8 Å². The molecule has 1 fully saturated rings. The zero-order valence-electron chi connectivity index (χ0n) is 8.61. The second kappa shape index (κ2) is 4.44. The van der Waals surface area contributed by atoms with Crippen LogP contribution >= 0.6 is 27.7 Å². The molecule has 0 spiro atoms. The van der Waals surface area contributed by atoms with Crippen LogP contribution in [0.1, 0.15) is 18.9 Å². The number of hydrogen-bond donors (Lipinski definition) is 1. The molecule has 2 heterocycles. The van der Waals surface area contributed by atoms with Gasteiger partial charge in [0, 0.05) is 28.5 Å². The normalized spacial score (nSPS) is 30.7. The second-order valence-electron chi connectivity index (χ2n) is 4.05. The fourth-order valence-corrected chi connectivity index (χ4v) is 3.66. The minimum absolute atomic E-state index is 0.316. The van der Waals surface area contributed by atoms with Gasteiger partial charge in [0.05, 0.1) is 5.60 Å². The van der Waals surface area contributed by atoms with E-state index >= 15 is 0 Å². The van der Waals surface area contributed by atoms with Crippen molar-refractivity contribution >= 4 is 27.7 Å². The molecule has 2 atom stereocenters. The van der Waals surface area contributed by atoms with Gasteiger partial charge in [0.1, 0.15) is 0 Å². The van der Waals surface area contributed by atoms with Crippen LogP contribution in [-0.4, -0.2) is 26.7 Å². The summed E-state index contributed by atoms with van der Waals surface area (Å²) in [5.41, 5.74) is 0.550. The molecule has 0 aliphatic carbocycles. The van der Waals surface area contributed by atoms with Crippen molar-refractivity contribution in [2.45, 2.75) is 30.6 Å². The number of aromatic nitrogens is 1. The fourth-order valence-electron chi connectivity index (χ4n) is 1.91. The molecule has 1 saturated heterocycles. The lowest BCUT2D eigenvalue weighted by molar-refractivity contribution is 0.0463. The first-order valence-electron chi connectivity index (χ1n) is 5.03. The van der Waals surface area contributed by atoms with E-state index in [4.69, 9.17) is 0 Å². The molecule has 2 rings (SSSR count). The van der Waals surface area contributed by atoms with Gasteiger partial charge in [-0.15, -0.1) is 0 Å². The van der Waals surface area contributed by atoms with E-state index in [1.807, 2.05) is 24.0 Å². The molecular formula is C11H14BrNOS. The van der Waals surface area contributed by atoms with Gasteiger partial charge in [-0.05, 0) is 39.7 Å². The number of halogens is 1. The van der Waals surface area contributed by atoms with Crippen LogP contribution < -0.4 is 0 Å². The van der Waals surface area contributed by atoms with E-state index in [1.165, 1.54) is 0 Å². The highest BCUT2D eigenvalue weighted by atomic mass is 79.9. The highest BCUT2D eigenvalue weighted by molar-refractivity contribution is 9.10. The molecule has 2 unspecified atom stereocenters. The second-order valence-corrected chi connectivity index (χ2v) is 6.42. The van der Waals surface area contributed by atoms with Crippen LogP contribution in [0.5, 0.6) is 0 Å². The zero-order valence-corrected chi connectivity index (χ0v) is 11.0. The average Bonchev–Trinajstić information content (AvgIpc) is 2.47. The SMILES string of the molecule is CC1SCCC1(O)Cc1cncc(Br)c1. The number of hydrogen-bond acceptors (Lipinski definition) is 3. The molecule has 1 aliphatic heterocycles. The third kappa shape index (κ3) is 2.55. The fraction of sp³-hybridized carbons (Fsp3) is 0.545. The minimum Gasteiger partial charge on any atom is -0.388 e. The summed E-state index contributed by atoms with van der Waals surface area (Å²) in [6.07, 6.45) is 5.18. The van der Waals surface area contributed by atoms with Crippen molar-refractivity contribution in [2.24, 2.45) is 0 Å². The number of rotatable bonds is 2. The summed E-state index contributed by atoms with van der Waals surface area (Å²) in [5, 5.41) is 10.8. The van der Waals surface area contributed by atoms with E-state index in [-0.39, 0.29) is 0 Å². The molecule has 0 saturated carbocycles. The molecule has 4 heteroatoms. The highest BCUT2D eigenvalue weighted by Crippen LogP contribution is 2.37. The molecule has 1 aromatic heterocycles. The molecule has 15 heavy (non-hydrogen) atoms. The Balaban J connectivity index is 2.14. The predicted molar refractivity (Wildman–Crippen MR) is 67.1 cm³/mol. The van der Waals surface area contributed by atoms with E-state index in [0.29, 0.717) is 11.7 Å². The van der Waals surface area contributed by atoms with Crippen LogP contribution in [0.2, 0.25) is 0 Å². The molecule has 0 amide bonds. The van der Waals surface area contributed by atoms with Gasteiger partial charge in [-0.25, -0.2) is 0 Å². The first kappa shape index (κ1) is 11.4. The van der Waals surface area contributed by atoms with Crippen LogP contribution in [-0.2, 0) is 6.42 Å². The Labute approximate surface area is 103 Å². The Bertz CT molecular complexity index is 360. The molecule has 1 aliphatic rings. The average molecular weight is 288 g/mol. The van der Waals surface area contributed by atoms with Crippen molar-refractivity contribution in [3.63, 3.8) is 0 Å². The van der Waals surface area contributed by atoms with E-state index in [0.717, 1.165) is 22.2 Å². The largest absolute Gasteiger partial charge is 0.388 e. The Morgan fingerprint density at radius 1 is 1.67 bits per heavy atom. The van der Waals surface area contributed by atoms with Crippen LogP contribution in [0.25, 0.3) is 0 Å². The lowest BCUT2D eigenvalue weighted by atomic mass is 9.90. The first-order chi connectivity index (χ1) is 7.10. The van der Waals surface area contributed by atoms with Crippen molar-refractivity contribution in [3.05, 3.63) is 28.5 Å². The van der Waals surface area contributed by atoms with Gasteiger partial charge in [-0.1, -0.05) is 6.92 Å². The Morgan fingerprint density at radius 2 is 2.47 bits per heavy atom. The molecule has 82 valence electrons. The Morgan fingerprint density at radius 3 is 3.07 bits per heavy atom. The topological polar surface area (TPSA) is 33.1 Å². The highest BCUT2D eigenvalue weighted by Gasteiger charge is 2.38. The van der Waals surface area contributed by atoms with Gasteiger partial charge >= 0.3 is 0 Å². The Kier molecular flexibility index (Phi) is 3.38. The molecule has 0 bridgehead atoms. The third-order valence-electron chi connectivity index (χ3n) is 2.93. The van der Waals surface area contributed by atoms with E-state index in [1.54, 1.807) is 6.20 Å². The van der Waals surface area contributed by atoms with Crippen LogP contribution in [0.3, 0.4) is 0 Å². The summed E-state index contributed by atoms with van der Waals surface area (Å²) >= 11 is 5.24. The van der Waals surface area contributed by atoms with Crippen molar-refractivity contribution in [3.8, 4) is 0 Å². The summed E-state index contributed by atoms with van der Waals surface area (Å²) in [4.78, 5) is 4.12. The van der Waals surface area contributed by atoms with Gasteiger partial charge in [0.25, 0.3) is 0 Å². The summed E-state index contributed by atoms with van der Waals surface area (Å²) in [5.74, 6) is 1.05. The van der Waals surface area contributed by atoms with Gasteiger partial charge in [0.2, 0.25) is 0 Å². The number of aliphatic hydroxyl groups is 1. The monoisotopic (exact) mass is 287 g/mol. The summed E-state index contributed by atoms with van der Waals surface area (Å²) in [7, 11) is 0. The van der Waals surface area contributed by atoms with E-state index in [9.17, 15) is 5.11 Å². The summed E-state index contributed by atoms with van der Waals surface area (Å²) in [6, 6.07) is 2.03. The smallest absolute Gasteiger partial charge is 0.0811 e. The maximum atomic E-state index is 10.4. The van der Waals surface area contributed by atoms with Crippen molar-refractivity contribution in [1.82, 2.24) is 4.98 Å². The van der Waals surface area contributed by atoms with Crippen molar-refractivity contribution in [1.29, 1.82) is 0 Å². The molecule has 0 aromatic carbocycles. The van der Waals surface area contributed by atoms with Gasteiger partial charge < -0.3 is 5.11 Å². The third-order valence-corrected chi connectivity index (χ3v) is 4.74. The van der Waals surface area contributed by atoms with Crippen molar-refractivity contribution in [2.75, 3.05) is 5.75 Å². The molecule has 1 aromatic rings. The molecule has 0 radical (unpaired) electrons. The quantitative estimate of drug-likeness (QED) is 0.908. The lowest BCUT2D eigenvalue weighted by Crippen LogP contribution is -2.36. The van der Waals surface area contributed by atoms with Crippen LogP contribution in [0.4, 0.5) is 0 Å². The predicted octanol–water partition coefficient (Wildman–Crippen LogP) is 2.64. The van der Waals surface area contributed by atoms with Crippen LogP contribution in [0.15, 0.2) is 22.9 Å². The maximum absolute atomic E-state index is 10.4. The number of nitrogens with zero attached hydrogens (tertiary/aromatic N) is 1. The maximum Gasteiger partial charge on any atom is 0.0811 e. The Hall–Kier alpha value is -0.0600. The minimum atomic E-state index is -0.548. The summed E-state index contributed by atoms with van der Waals surface area (Å²) in [6.45, 7) is 2.10. The summed E-state index contributed by atoms with van der Waals surface area (Å²) < 4.78 is 0.974. The number of thioether (sulfide) groups is 1. The van der Waals surface area contributed by atoms with Gasteiger partial charge in [0.15, 0.2) is 0 Å². The number of pyridine rings is 1. The lowest BCUT2D eigenvalue weighted by Gasteiger charge is -2.26. The zero-order chi connectivity index (χ0) is 10.9. The van der Waals surface area contributed by atoms with Crippen molar-refractivity contribution < 1.29 is 5.11 Å². The molecule has 1 N–H and O–H groups in total. The molecular weight excluding hydrogens is 274 g/mol. The van der Waals surface area contributed by atoms with E-state index < -0.39 is 5.60 Å². The first-order valence-corrected chi connectivity index (χ1v) is 6.88. The van der Waals surface area contributed by atoms with Gasteiger partial charge in [-0.3, -0.25) is 4.98 Å².